The molecule has 0 fully saturated rings. The van der Waals surface area contributed by atoms with E-state index in [1.54, 1.807) is 13.1 Å². The minimum absolute atomic E-state index is 0.370. The van der Waals surface area contributed by atoms with Crippen LogP contribution in [0.3, 0.4) is 0 Å². The van der Waals surface area contributed by atoms with Crippen LogP contribution in [0.1, 0.15) is 11.1 Å². The van der Waals surface area contributed by atoms with Crippen molar-refractivity contribution in [1.29, 1.82) is 0 Å². The van der Waals surface area contributed by atoms with Crippen molar-refractivity contribution in [2.75, 3.05) is 13.8 Å². The largest absolute Gasteiger partial charge is 0.478 e. The third-order valence-electron chi connectivity index (χ3n) is 2.05. The van der Waals surface area contributed by atoms with Crippen LogP contribution in [0.25, 0.3) is 0 Å². The second-order valence-corrected chi connectivity index (χ2v) is 3.43. The van der Waals surface area contributed by atoms with Crippen LogP contribution in [0, 0.1) is 0 Å². The molecule has 1 aromatic rings. The maximum Gasteiger partial charge on any atom is 0.232 e. The van der Waals surface area contributed by atoms with Gasteiger partial charge in [0, 0.05) is 12.8 Å². The Hall–Kier alpha value is -2.21. The summed E-state index contributed by atoms with van der Waals surface area (Å²) in [6.45, 7) is 0.761. The molecular formula is C12H15N3O3. The van der Waals surface area contributed by atoms with E-state index in [9.17, 15) is 9.59 Å². The van der Waals surface area contributed by atoms with Gasteiger partial charge in [-0.25, -0.2) is 4.99 Å². The highest BCUT2D eigenvalue weighted by Crippen LogP contribution is 2.16. The van der Waals surface area contributed by atoms with Crippen LogP contribution in [0.15, 0.2) is 23.2 Å². The Morgan fingerprint density at radius 2 is 2.17 bits per heavy atom. The van der Waals surface area contributed by atoms with Crippen molar-refractivity contribution in [2.24, 2.45) is 4.99 Å². The lowest BCUT2D eigenvalue weighted by molar-refractivity contribution is -0.109. The van der Waals surface area contributed by atoms with Gasteiger partial charge in [0.15, 0.2) is 0 Å². The number of rotatable bonds is 8. The fourth-order valence-electron chi connectivity index (χ4n) is 1.38. The molecule has 1 rings (SSSR count). The second-order valence-electron chi connectivity index (χ2n) is 3.43. The number of nitrogens with zero attached hydrogens (tertiary/aromatic N) is 1. The van der Waals surface area contributed by atoms with E-state index in [1.807, 2.05) is 12.1 Å². The molecule has 0 aliphatic carbocycles. The summed E-state index contributed by atoms with van der Waals surface area (Å²) in [6.07, 6.45) is 2.52. The first-order valence-corrected chi connectivity index (χ1v) is 5.35. The highest BCUT2D eigenvalue weighted by Gasteiger charge is 2.01. The Morgan fingerprint density at radius 3 is 2.83 bits per heavy atom. The number of ether oxygens (including phenoxy) is 1. The number of hydrogen-bond acceptors (Lipinski definition) is 4. The molecule has 2 amide bonds. The van der Waals surface area contributed by atoms with Crippen LogP contribution in [-0.4, -0.2) is 32.8 Å². The zero-order valence-electron chi connectivity index (χ0n) is 10.1. The Labute approximate surface area is 105 Å². The van der Waals surface area contributed by atoms with E-state index in [4.69, 9.17) is 4.74 Å². The molecule has 0 radical (unpaired) electrons. The minimum atomic E-state index is 0.370. The molecule has 0 saturated carbocycles. The third kappa shape index (κ3) is 4.75. The van der Waals surface area contributed by atoms with Crippen molar-refractivity contribution in [3.63, 3.8) is 0 Å². The van der Waals surface area contributed by atoms with Crippen molar-refractivity contribution in [2.45, 2.75) is 6.54 Å². The number of carbonyl (C=O) groups is 2. The quantitative estimate of drug-likeness (QED) is 0.388. The van der Waals surface area contributed by atoms with Crippen molar-refractivity contribution < 1.29 is 14.3 Å². The van der Waals surface area contributed by atoms with Gasteiger partial charge >= 0.3 is 0 Å². The van der Waals surface area contributed by atoms with E-state index in [2.05, 4.69) is 15.6 Å². The zero-order chi connectivity index (χ0) is 13.2. The fraction of sp³-hybridized carbons (Fsp3) is 0.250. The van der Waals surface area contributed by atoms with Gasteiger partial charge in [-0.3, -0.25) is 14.9 Å². The molecule has 96 valence electrons. The molecule has 0 aliphatic heterocycles. The molecular weight excluding hydrogens is 234 g/mol. The summed E-state index contributed by atoms with van der Waals surface area (Å²) < 4.78 is 5.42. The molecule has 0 heterocycles. The summed E-state index contributed by atoms with van der Waals surface area (Å²) in [7, 11) is 1.77. The molecule has 1 aromatic carbocycles. The predicted molar refractivity (Wildman–Crippen MR) is 67.6 cm³/mol. The first-order valence-electron chi connectivity index (χ1n) is 5.35. The van der Waals surface area contributed by atoms with Crippen molar-refractivity contribution in [1.82, 2.24) is 10.6 Å². The number of carbonyl (C=O) groups excluding carboxylic acids is 2. The monoisotopic (exact) mass is 249 g/mol. The number of nitrogens with one attached hydrogen (secondary N) is 2. The topological polar surface area (TPSA) is 79.8 Å². The molecule has 0 bridgehead atoms. The third-order valence-corrected chi connectivity index (χ3v) is 2.05. The summed E-state index contributed by atoms with van der Waals surface area (Å²) in [5.41, 5.74) is 1.60. The van der Waals surface area contributed by atoms with Crippen LogP contribution in [0.5, 0.6) is 5.75 Å². The maximum atomic E-state index is 10.3. The number of aliphatic imine (C=N–C) groups is 1. The van der Waals surface area contributed by atoms with E-state index in [-0.39, 0.29) is 0 Å². The van der Waals surface area contributed by atoms with Crippen LogP contribution in [0.4, 0.5) is 0 Å². The van der Waals surface area contributed by atoms with Gasteiger partial charge in [0.05, 0.1) is 0 Å². The van der Waals surface area contributed by atoms with Crippen molar-refractivity contribution in [3.8, 4) is 5.75 Å². The average Bonchev–Trinajstić information content (AvgIpc) is 2.40. The first-order chi connectivity index (χ1) is 8.80. The van der Waals surface area contributed by atoms with Gasteiger partial charge in [0.1, 0.15) is 12.5 Å². The van der Waals surface area contributed by atoms with Gasteiger partial charge in [-0.2, -0.15) is 0 Å². The van der Waals surface area contributed by atoms with Crippen LogP contribution in [0.2, 0.25) is 0 Å². The number of hydrogen-bond donors (Lipinski definition) is 2. The first kappa shape index (κ1) is 13.9. The molecule has 2 N–H and O–H groups in total. The van der Waals surface area contributed by atoms with Gasteiger partial charge in [-0.15, -0.1) is 0 Å². The fourth-order valence-corrected chi connectivity index (χ4v) is 1.38. The van der Waals surface area contributed by atoms with Gasteiger partial charge in [0.2, 0.25) is 12.8 Å². The summed E-state index contributed by atoms with van der Waals surface area (Å²) in [4.78, 5) is 24.0. The summed E-state index contributed by atoms with van der Waals surface area (Å²) >= 11 is 0. The second kappa shape index (κ2) is 7.97. The highest BCUT2D eigenvalue weighted by molar-refractivity contribution is 5.85. The van der Waals surface area contributed by atoms with Crippen LogP contribution in [-0.2, 0) is 16.1 Å². The molecule has 0 aromatic heterocycles. The minimum Gasteiger partial charge on any atom is -0.478 e. The van der Waals surface area contributed by atoms with E-state index in [0.717, 1.165) is 11.1 Å². The lowest BCUT2D eigenvalue weighted by Gasteiger charge is -2.09. The standard InChI is InChI=1S/C12H15N3O3/c1-13-9-18-12-3-10(5-14-7-16)2-11(4-12)6-15-8-17/h2-5,7-8,13H,6,9H2,1H3,(H,15,17). The van der Waals surface area contributed by atoms with E-state index < -0.39 is 0 Å². The zero-order valence-corrected chi connectivity index (χ0v) is 10.1. The summed E-state index contributed by atoms with van der Waals surface area (Å²) in [6, 6.07) is 5.39. The molecule has 0 aliphatic rings. The lowest BCUT2D eigenvalue weighted by atomic mass is 10.1. The maximum absolute atomic E-state index is 10.3. The molecule has 6 nitrogen and oxygen atoms in total. The van der Waals surface area contributed by atoms with Crippen molar-refractivity contribution >= 4 is 19.0 Å². The Bertz CT molecular complexity index is 433. The Kier molecular flexibility index (Phi) is 6.13. The average molecular weight is 249 g/mol. The summed E-state index contributed by atoms with van der Waals surface area (Å²) in [5.74, 6) is 0.641. The van der Waals surface area contributed by atoms with Gasteiger partial charge in [0.25, 0.3) is 0 Å². The van der Waals surface area contributed by atoms with Gasteiger partial charge in [-0.1, -0.05) is 0 Å². The van der Waals surface area contributed by atoms with Gasteiger partial charge < -0.3 is 10.1 Å². The van der Waals surface area contributed by atoms with E-state index >= 15 is 0 Å². The normalized spacial score (nSPS) is 10.3. The van der Waals surface area contributed by atoms with Crippen LogP contribution < -0.4 is 15.4 Å². The van der Waals surface area contributed by atoms with E-state index in [1.165, 1.54) is 6.21 Å². The summed E-state index contributed by atoms with van der Waals surface area (Å²) in [5, 5.41) is 5.42. The molecule has 18 heavy (non-hydrogen) atoms. The number of amides is 2. The van der Waals surface area contributed by atoms with E-state index in [0.29, 0.717) is 31.8 Å². The lowest BCUT2D eigenvalue weighted by Crippen LogP contribution is -2.15. The Morgan fingerprint density at radius 1 is 1.33 bits per heavy atom. The Balaban J connectivity index is 2.90. The van der Waals surface area contributed by atoms with Crippen molar-refractivity contribution in [3.05, 3.63) is 29.3 Å². The smallest absolute Gasteiger partial charge is 0.232 e. The van der Waals surface area contributed by atoms with Crippen LogP contribution >= 0.6 is 0 Å². The highest BCUT2D eigenvalue weighted by atomic mass is 16.5. The molecule has 0 unspecified atom stereocenters. The number of benzene rings is 1. The molecule has 6 heteroatoms. The van der Waals surface area contributed by atoms with Gasteiger partial charge in [-0.05, 0) is 36.4 Å². The predicted octanol–water partition coefficient (Wildman–Crippen LogP) is 0.0636. The molecule has 0 spiro atoms. The molecule has 0 saturated heterocycles. The SMILES string of the molecule is CNCOc1cc(C=NC=O)cc(CNC=O)c1. The molecule has 0 atom stereocenters.